The van der Waals surface area contributed by atoms with E-state index in [0.717, 1.165) is 17.9 Å². The highest BCUT2D eigenvalue weighted by Crippen LogP contribution is 2.14. The van der Waals surface area contributed by atoms with Crippen molar-refractivity contribution in [2.24, 2.45) is 0 Å². The van der Waals surface area contributed by atoms with Crippen molar-refractivity contribution in [3.05, 3.63) is 89.6 Å². The maximum atomic E-state index is 12.4. The van der Waals surface area contributed by atoms with Crippen LogP contribution in [0.3, 0.4) is 0 Å². The van der Waals surface area contributed by atoms with Gasteiger partial charge in [0, 0.05) is 13.6 Å². The number of benzene rings is 2. The third kappa shape index (κ3) is 4.45. The van der Waals surface area contributed by atoms with Crippen LogP contribution < -0.4 is 10.2 Å². The molecule has 1 aromatic heterocycles. The van der Waals surface area contributed by atoms with Gasteiger partial charge in [-0.2, -0.15) is 0 Å². The van der Waals surface area contributed by atoms with Gasteiger partial charge in [-0.3, -0.25) is 4.79 Å². The standard InChI is InChI=1S/C21H22N4O/c1-16(18-11-7-4-8-12-18)22-21(26)19-13-14-20(24-23-19)25(2)15-17-9-5-3-6-10-17/h3-14,16H,15H2,1-2H3,(H,22,26). The summed E-state index contributed by atoms with van der Waals surface area (Å²) in [6, 6.07) is 23.4. The summed E-state index contributed by atoms with van der Waals surface area (Å²) in [7, 11) is 1.95. The first kappa shape index (κ1) is 17.6. The Bertz CT molecular complexity index is 835. The van der Waals surface area contributed by atoms with Crippen molar-refractivity contribution in [3.8, 4) is 0 Å². The minimum Gasteiger partial charge on any atom is -0.354 e. The Balaban J connectivity index is 1.62. The molecule has 0 radical (unpaired) electrons. The van der Waals surface area contributed by atoms with Gasteiger partial charge in [0.25, 0.3) is 5.91 Å². The second-order valence-electron chi connectivity index (χ2n) is 6.22. The molecule has 0 fully saturated rings. The van der Waals surface area contributed by atoms with Gasteiger partial charge < -0.3 is 10.2 Å². The Labute approximate surface area is 153 Å². The number of nitrogens with one attached hydrogen (secondary N) is 1. The van der Waals surface area contributed by atoms with Crippen LogP contribution in [0.25, 0.3) is 0 Å². The highest BCUT2D eigenvalue weighted by atomic mass is 16.2. The molecule has 1 amide bonds. The van der Waals surface area contributed by atoms with Crippen LogP contribution in [-0.4, -0.2) is 23.2 Å². The number of hydrogen-bond acceptors (Lipinski definition) is 4. The van der Waals surface area contributed by atoms with Gasteiger partial charge in [0.1, 0.15) is 0 Å². The van der Waals surface area contributed by atoms with Crippen LogP contribution in [0.15, 0.2) is 72.8 Å². The van der Waals surface area contributed by atoms with Gasteiger partial charge in [-0.25, -0.2) is 0 Å². The fourth-order valence-electron chi connectivity index (χ4n) is 2.68. The van der Waals surface area contributed by atoms with E-state index >= 15 is 0 Å². The summed E-state index contributed by atoms with van der Waals surface area (Å²) in [4.78, 5) is 14.4. The Hall–Kier alpha value is -3.21. The topological polar surface area (TPSA) is 58.1 Å². The molecule has 132 valence electrons. The van der Waals surface area contributed by atoms with E-state index in [1.54, 1.807) is 6.07 Å². The maximum Gasteiger partial charge on any atom is 0.272 e. The molecule has 26 heavy (non-hydrogen) atoms. The van der Waals surface area contributed by atoms with Crippen molar-refractivity contribution in [1.29, 1.82) is 0 Å². The van der Waals surface area contributed by atoms with Gasteiger partial charge in [-0.1, -0.05) is 60.7 Å². The van der Waals surface area contributed by atoms with Crippen LogP contribution in [-0.2, 0) is 6.54 Å². The lowest BCUT2D eigenvalue weighted by Gasteiger charge is -2.18. The van der Waals surface area contributed by atoms with E-state index in [9.17, 15) is 4.79 Å². The minimum absolute atomic E-state index is 0.0917. The van der Waals surface area contributed by atoms with Crippen molar-refractivity contribution in [2.75, 3.05) is 11.9 Å². The first-order valence-corrected chi connectivity index (χ1v) is 8.58. The molecule has 0 spiro atoms. The zero-order valence-electron chi connectivity index (χ0n) is 15.0. The van der Waals surface area contributed by atoms with Crippen LogP contribution >= 0.6 is 0 Å². The first-order valence-electron chi connectivity index (χ1n) is 8.58. The highest BCUT2D eigenvalue weighted by Gasteiger charge is 2.13. The average molecular weight is 346 g/mol. The van der Waals surface area contributed by atoms with Crippen molar-refractivity contribution < 1.29 is 4.79 Å². The quantitative estimate of drug-likeness (QED) is 0.741. The van der Waals surface area contributed by atoms with E-state index in [1.807, 2.05) is 73.5 Å². The van der Waals surface area contributed by atoms with Crippen LogP contribution in [0.1, 0.15) is 34.6 Å². The number of carbonyl (C=O) groups is 1. The molecule has 5 heteroatoms. The molecule has 3 aromatic rings. The summed E-state index contributed by atoms with van der Waals surface area (Å²) in [5.41, 5.74) is 2.55. The number of rotatable bonds is 6. The molecule has 0 bridgehead atoms. The molecule has 1 unspecified atom stereocenters. The molecule has 2 aromatic carbocycles. The summed E-state index contributed by atoms with van der Waals surface area (Å²) >= 11 is 0. The second-order valence-corrected chi connectivity index (χ2v) is 6.22. The number of hydrogen-bond donors (Lipinski definition) is 1. The molecule has 1 N–H and O–H groups in total. The highest BCUT2D eigenvalue weighted by molar-refractivity contribution is 5.92. The van der Waals surface area contributed by atoms with Gasteiger partial charge >= 0.3 is 0 Å². The fourth-order valence-corrected chi connectivity index (χ4v) is 2.68. The van der Waals surface area contributed by atoms with Crippen LogP contribution in [0.5, 0.6) is 0 Å². The average Bonchev–Trinajstić information content (AvgIpc) is 2.69. The maximum absolute atomic E-state index is 12.4. The van der Waals surface area contributed by atoms with E-state index in [2.05, 4.69) is 27.6 Å². The molecular weight excluding hydrogens is 324 g/mol. The summed E-state index contributed by atoms with van der Waals surface area (Å²) in [5.74, 6) is 0.493. The summed E-state index contributed by atoms with van der Waals surface area (Å²) in [6.45, 7) is 2.68. The number of amides is 1. The van der Waals surface area contributed by atoms with Crippen LogP contribution in [0.4, 0.5) is 5.82 Å². The van der Waals surface area contributed by atoms with Crippen molar-refractivity contribution in [3.63, 3.8) is 0 Å². The normalized spacial score (nSPS) is 11.6. The van der Waals surface area contributed by atoms with E-state index in [-0.39, 0.29) is 11.9 Å². The molecular formula is C21H22N4O. The van der Waals surface area contributed by atoms with E-state index in [1.165, 1.54) is 5.56 Å². The Morgan fingerprint density at radius 3 is 2.23 bits per heavy atom. The van der Waals surface area contributed by atoms with Crippen LogP contribution in [0, 0.1) is 0 Å². The van der Waals surface area contributed by atoms with Crippen molar-refractivity contribution in [2.45, 2.75) is 19.5 Å². The Kier molecular flexibility index (Phi) is 5.59. The van der Waals surface area contributed by atoms with Gasteiger partial charge in [0.2, 0.25) is 0 Å². The molecule has 0 aliphatic heterocycles. The second kappa shape index (κ2) is 8.25. The first-order chi connectivity index (χ1) is 12.6. The Morgan fingerprint density at radius 1 is 0.962 bits per heavy atom. The van der Waals surface area contributed by atoms with Gasteiger partial charge in [0.15, 0.2) is 11.5 Å². The molecule has 0 aliphatic carbocycles. The monoisotopic (exact) mass is 346 g/mol. The molecule has 0 aliphatic rings. The zero-order valence-corrected chi connectivity index (χ0v) is 15.0. The molecule has 5 nitrogen and oxygen atoms in total. The third-order valence-corrected chi connectivity index (χ3v) is 4.18. The number of carbonyl (C=O) groups excluding carboxylic acids is 1. The largest absolute Gasteiger partial charge is 0.354 e. The van der Waals surface area contributed by atoms with Crippen LogP contribution in [0.2, 0.25) is 0 Å². The van der Waals surface area contributed by atoms with Crippen molar-refractivity contribution in [1.82, 2.24) is 15.5 Å². The molecule has 0 saturated heterocycles. The lowest BCUT2D eigenvalue weighted by Crippen LogP contribution is -2.28. The van der Waals surface area contributed by atoms with Gasteiger partial charge in [0.05, 0.1) is 6.04 Å². The lowest BCUT2D eigenvalue weighted by molar-refractivity contribution is 0.0934. The van der Waals surface area contributed by atoms with Gasteiger partial charge in [-0.05, 0) is 30.2 Å². The number of nitrogens with zero attached hydrogens (tertiary/aromatic N) is 3. The predicted molar refractivity (Wildman–Crippen MR) is 103 cm³/mol. The number of aromatic nitrogens is 2. The lowest BCUT2D eigenvalue weighted by atomic mass is 10.1. The number of anilines is 1. The van der Waals surface area contributed by atoms with Gasteiger partial charge in [-0.15, -0.1) is 10.2 Å². The minimum atomic E-state index is -0.230. The van der Waals surface area contributed by atoms with Crippen molar-refractivity contribution >= 4 is 11.7 Å². The SMILES string of the molecule is CC(NC(=O)c1ccc(N(C)Cc2ccccc2)nn1)c1ccccc1. The molecule has 1 heterocycles. The van der Waals surface area contributed by atoms with E-state index < -0.39 is 0 Å². The predicted octanol–water partition coefficient (Wildman–Crippen LogP) is 3.60. The summed E-state index contributed by atoms with van der Waals surface area (Å²) < 4.78 is 0. The Morgan fingerprint density at radius 2 is 1.62 bits per heavy atom. The zero-order chi connectivity index (χ0) is 18.4. The summed E-state index contributed by atoms with van der Waals surface area (Å²) in [5, 5.41) is 11.2. The molecule has 1 atom stereocenters. The van der Waals surface area contributed by atoms with E-state index in [0.29, 0.717) is 5.69 Å². The molecule has 3 rings (SSSR count). The fraction of sp³-hybridized carbons (Fsp3) is 0.190. The van der Waals surface area contributed by atoms with E-state index in [4.69, 9.17) is 0 Å². The summed E-state index contributed by atoms with van der Waals surface area (Å²) in [6.07, 6.45) is 0. The molecule has 0 saturated carbocycles. The third-order valence-electron chi connectivity index (χ3n) is 4.18. The smallest absolute Gasteiger partial charge is 0.272 e.